The third-order valence-corrected chi connectivity index (χ3v) is 3.34. The fraction of sp³-hybridized carbons (Fsp3) is 0.0714. The smallest absolute Gasteiger partial charge is 0.0871 e. The summed E-state index contributed by atoms with van der Waals surface area (Å²) >= 11 is 16.6. The molecule has 2 aliphatic carbocycles. The highest BCUT2D eigenvalue weighted by molar-refractivity contribution is 7.80. The predicted octanol–water partition coefficient (Wildman–Crippen LogP) is 5.00. The second kappa shape index (κ2) is 5.78. The molecule has 19 heavy (non-hydrogen) atoms. The zero-order valence-corrected chi connectivity index (χ0v) is 12.5. The summed E-state index contributed by atoms with van der Waals surface area (Å²) in [5, 5.41) is 3.86. The van der Waals surface area contributed by atoms with Gasteiger partial charge in [-0.1, -0.05) is 59.7 Å². The molecule has 1 aromatic carbocycles. The minimum absolute atomic E-state index is 0.438. The van der Waals surface area contributed by atoms with E-state index in [4.69, 9.17) is 41.2 Å². The molecule has 0 radical (unpaired) electrons. The normalized spacial score (nSPS) is 10.3. The van der Waals surface area contributed by atoms with Crippen molar-refractivity contribution in [1.29, 1.82) is 0 Å². The lowest BCUT2D eigenvalue weighted by Crippen LogP contribution is -2.04. The number of nitrogen functional groups attached to an aromatic ring is 1. The van der Waals surface area contributed by atoms with E-state index in [1.165, 1.54) is 11.1 Å². The molecule has 2 nitrogen and oxygen atoms in total. The monoisotopic (exact) mass is 310 g/mol. The average Bonchev–Trinajstić information content (AvgIpc) is 2.30. The van der Waals surface area contributed by atoms with E-state index in [0.29, 0.717) is 26.4 Å². The van der Waals surface area contributed by atoms with Gasteiger partial charge in [0.2, 0.25) is 0 Å². The first-order valence-electron chi connectivity index (χ1n) is 5.60. The standard InChI is InChI=1S/C8H8Cl2N2S.C6H4/c1-4(13)12-7-3-5(9)2-6(11)8(7)10;1-2-6-4-3-5(1)6/h2-3H,11H2,1H3,(H,12,13);1-4H. The van der Waals surface area contributed by atoms with Gasteiger partial charge in [0.1, 0.15) is 0 Å². The van der Waals surface area contributed by atoms with Crippen molar-refractivity contribution in [1.82, 2.24) is 0 Å². The van der Waals surface area contributed by atoms with Crippen molar-refractivity contribution in [3.05, 3.63) is 46.4 Å². The van der Waals surface area contributed by atoms with Gasteiger partial charge in [0.25, 0.3) is 0 Å². The van der Waals surface area contributed by atoms with E-state index >= 15 is 0 Å². The van der Waals surface area contributed by atoms with Gasteiger partial charge < -0.3 is 11.1 Å². The number of hydrogen-bond acceptors (Lipinski definition) is 2. The number of rotatable bonds is 1. The van der Waals surface area contributed by atoms with E-state index in [1.54, 1.807) is 19.1 Å². The molecule has 0 aromatic heterocycles. The second-order valence-corrected chi connectivity index (χ2v) is 5.54. The van der Waals surface area contributed by atoms with Crippen LogP contribution in [0.15, 0.2) is 36.4 Å². The van der Waals surface area contributed by atoms with Crippen LogP contribution < -0.4 is 11.1 Å². The van der Waals surface area contributed by atoms with Crippen molar-refractivity contribution in [3.8, 4) is 11.1 Å². The van der Waals surface area contributed by atoms with Gasteiger partial charge >= 0.3 is 0 Å². The second-order valence-electron chi connectivity index (χ2n) is 4.12. The molecule has 3 rings (SSSR count). The van der Waals surface area contributed by atoms with Gasteiger partial charge in [-0.15, -0.1) is 0 Å². The van der Waals surface area contributed by atoms with Gasteiger partial charge in [-0.2, -0.15) is 0 Å². The fourth-order valence-corrected chi connectivity index (χ4v) is 2.05. The van der Waals surface area contributed by atoms with E-state index in [1.807, 2.05) is 0 Å². The summed E-state index contributed by atoms with van der Waals surface area (Å²) in [4.78, 5) is 0.614. The number of nitrogens with one attached hydrogen (secondary N) is 1. The summed E-state index contributed by atoms with van der Waals surface area (Å²) in [6.07, 6.45) is 0. The fourth-order valence-electron chi connectivity index (χ4n) is 1.55. The summed E-state index contributed by atoms with van der Waals surface area (Å²) in [5.74, 6) is 0. The largest absolute Gasteiger partial charge is 0.397 e. The molecule has 0 amide bonds. The van der Waals surface area contributed by atoms with Crippen molar-refractivity contribution in [3.63, 3.8) is 0 Å². The number of thiocarbonyl (C=S) groups is 1. The van der Waals surface area contributed by atoms with Crippen molar-refractivity contribution >= 4 is 51.8 Å². The third kappa shape index (κ3) is 3.38. The zero-order valence-electron chi connectivity index (χ0n) is 10.2. The lowest BCUT2D eigenvalue weighted by Gasteiger charge is -2.10. The Balaban J connectivity index is 0.000000180. The van der Waals surface area contributed by atoms with E-state index < -0.39 is 0 Å². The molecule has 5 heteroatoms. The first-order valence-corrected chi connectivity index (χ1v) is 6.76. The Morgan fingerprint density at radius 3 is 2.00 bits per heavy atom. The quantitative estimate of drug-likeness (QED) is 0.490. The van der Waals surface area contributed by atoms with Crippen molar-refractivity contribution in [2.75, 3.05) is 11.1 Å². The Morgan fingerprint density at radius 1 is 1.11 bits per heavy atom. The van der Waals surface area contributed by atoms with Crippen LogP contribution in [0.5, 0.6) is 0 Å². The van der Waals surface area contributed by atoms with Crippen molar-refractivity contribution in [2.45, 2.75) is 6.92 Å². The maximum absolute atomic E-state index is 5.90. The summed E-state index contributed by atoms with van der Waals surface area (Å²) in [6, 6.07) is 11.7. The van der Waals surface area contributed by atoms with Crippen LogP contribution in [0.25, 0.3) is 11.1 Å². The topological polar surface area (TPSA) is 38.0 Å². The van der Waals surface area contributed by atoms with Gasteiger partial charge in [-0.05, 0) is 30.2 Å². The molecule has 0 spiro atoms. The molecular formula is C14H12Cl2N2S. The Morgan fingerprint density at radius 2 is 1.63 bits per heavy atom. The Bertz CT molecular complexity index is 603. The highest BCUT2D eigenvalue weighted by Crippen LogP contribution is 2.31. The molecule has 0 heterocycles. The number of halogens is 2. The van der Waals surface area contributed by atoms with Gasteiger partial charge in [-0.3, -0.25) is 0 Å². The minimum atomic E-state index is 0.438. The van der Waals surface area contributed by atoms with Crippen LogP contribution >= 0.6 is 35.4 Å². The maximum atomic E-state index is 5.90. The summed E-state index contributed by atoms with van der Waals surface area (Å²) < 4.78 is 0. The van der Waals surface area contributed by atoms with E-state index in [-0.39, 0.29) is 0 Å². The predicted molar refractivity (Wildman–Crippen MR) is 88.2 cm³/mol. The number of nitrogens with two attached hydrogens (primary N) is 1. The lowest BCUT2D eigenvalue weighted by molar-refractivity contribution is 1.55. The molecule has 2 aliphatic rings. The van der Waals surface area contributed by atoms with Gasteiger partial charge in [-0.25, -0.2) is 0 Å². The summed E-state index contributed by atoms with van der Waals surface area (Å²) in [6.45, 7) is 1.75. The Labute approximate surface area is 127 Å². The van der Waals surface area contributed by atoms with Crippen LogP contribution in [0.1, 0.15) is 6.92 Å². The number of hydrogen-bond donors (Lipinski definition) is 2. The van der Waals surface area contributed by atoms with E-state index in [0.717, 1.165) is 0 Å². The minimum Gasteiger partial charge on any atom is -0.397 e. The Kier molecular flexibility index (Phi) is 4.30. The number of benzene rings is 2. The van der Waals surface area contributed by atoms with Crippen LogP contribution in [0, 0.1) is 0 Å². The molecule has 0 saturated heterocycles. The maximum Gasteiger partial charge on any atom is 0.0871 e. The van der Waals surface area contributed by atoms with Crippen LogP contribution in [-0.4, -0.2) is 4.99 Å². The van der Waals surface area contributed by atoms with Crippen LogP contribution in [0.4, 0.5) is 11.4 Å². The summed E-state index contributed by atoms with van der Waals surface area (Å²) in [5.41, 5.74) is 9.53. The van der Waals surface area contributed by atoms with Gasteiger partial charge in [0.05, 0.1) is 21.4 Å². The van der Waals surface area contributed by atoms with Crippen molar-refractivity contribution in [2.24, 2.45) is 0 Å². The van der Waals surface area contributed by atoms with Crippen LogP contribution in [0.2, 0.25) is 10.0 Å². The SMILES string of the molecule is CC(=S)Nc1cc(Cl)cc(N)c1Cl.c1cc2ccc1-2. The summed E-state index contributed by atoms with van der Waals surface area (Å²) in [7, 11) is 0. The van der Waals surface area contributed by atoms with Crippen LogP contribution in [0.3, 0.4) is 0 Å². The van der Waals surface area contributed by atoms with E-state index in [2.05, 4.69) is 29.6 Å². The number of fused-ring (bicyclic) bond motifs is 1. The van der Waals surface area contributed by atoms with Gasteiger partial charge in [0.15, 0.2) is 0 Å². The molecule has 0 saturated carbocycles. The number of anilines is 2. The Hall–Kier alpha value is -1.29. The molecule has 0 atom stereocenters. The molecule has 98 valence electrons. The molecular weight excluding hydrogens is 299 g/mol. The molecule has 0 fully saturated rings. The van der Waals surface area contributed by atoms with Gasteiger partial charge in [0, 0.05) is 5.02 Å². The molecule has 0 aliphatic heterocycles. The average molecular weight is 311 g/mol. The third-order valence-electron chi connectivity index (χ3n) is 2.59. The first kappa shape index (κ1) is 14.1. The zero-order chi connectivity index (χ0) is 14.0. The first-order chi connectivity index (χ1) is 8.97. The molecule has 0 unspecified atom stereocenters. The molecule has 1 aromatic rings. The highest BCUT2D eigenvalue weighted by Gasteiger charge is 2.05. The van der Waals surface area contributed by atoms with E-state index in [9.17, 15) is 0 Å². The van der Waals surface area contributed by atoms with Crippen LogP contribution in [-0.2, 0) is 0 Å². The molecule has 0 bridgehead atoms. The lowest BCUT2D eigenvalue weighted by atomic mass is 9.95. The van der Waals surface area contributed by atoms with Crippen molar-refractivity contribution < 1.29 is 0 Å². The molecule has 3 N–H and O–H groups in total. The highest BCUT2D eigenvalue weighted by atomic mass is 35.5.